The van der Waals surface area contributed by atoms with Crippen LogP contribution in [0.1, 0.15) is 46.9 Å². The maximum atomic E-state index is 12.5. The molecule has 4 aliphatic rings. The average molecular weight is 687 g/mol. The van der Waals surface area contributed by atoms with E-state index < -0.39 is 72.5 Å². The van der Waals surface area contributed by atoms with E-state index in [1.54, 1.807) is 19.1 Å². The van der Waals surface area contributed by atoms with Gasteiger partial charge in [0.2, 0.25) is 0 Å². The minimum absolute atomic E-state index is 0. The number of fused-ring (bicyclic) bond motifs is 4. The topological polar surface area (TPSA) is 98.0 Å². The summed E-state index contributed by atoms with van der Waals surface area (Å²) in [5, 5.41) is 35.4. The number of aliphatic hydroxyl groups excluding tert-OH is 2. The molecule has 0 saturated heterocycles. The van der Waals surface area contributed by atoms with E-state index >= 15 is 0 Å². The van der Waals surface area contributed by atoms with Crippen LogP contribution in [0, 0.1) is 35.5 Å². The van der Waals surface area contributed by atoms with Crippen molar-refractivity contribution in [2.75, 3.05) is 6.61 Å². The third-order valence-electron chi connectivity index (χ3n) is 8.33. The van der Waals surface area contributed by atoms with Gasteiger partial charge >= 0.3 is 54.3 Å². The van der Waals surface area contributed by atoms with Crippen molar-refractivity contribution in [2.45, 2.75) is 87.5 Å². The second-order valence-corrected chi connectivity index (χ2v) is 11.3. The van der Waals surface area contributed by atoms with Crippen molar-refractivity contribution in [3.63, 3.8) is 0 Å². The van der Waals surface area contributed by atoms with Gasteiger partial charge in [0, 0.05) is 27.4 Å². The van der Waals surface area contributed by atoms with Gasteiger partial charge in [-0.3, -0.25) is 4.79 Å². The van der Waals surface area contributed by atoms with Gasteiger partial charge in [-0.25, -0.2) is 0 Å². The molecule has 7 atom stereocenters. The van der Waals surface area contributed by atoms with E-state index in [0.29, 0.717) is 19.3 Å². The van der Waals surface area contributed by atoms with E-state index in [9.17, 15) is 62.6 Å². The predicted octanol–water partition coefficient (Wildman–Crippen LogP) is 2.55. The summed E-state index contributed by atoms with van der Waals surface area (Å²) in [4.78, 5) is 11.8. The van der Waals surface area contributed by atoms with E-state index in [-0.39, 0.29) is 76.1 Å². The van der Waals surface area contributed by atoms with Gasteiger partial charge in [0.05, 0.1) is 12.5 Å². The zero-order chi connectivity index (χ0) is 33.4. The van der Waals surface area contributed by atoms with Crippen molar-refractivity contribution in [3.05, 3.63) is 24.3 Å². The van der Waals surface area contributed by atoms with E-state index in [1.807, 2.05) is 12.2 Å². The SMILES string of the molecule is CCO.O=C(CC(O)(C(F)(F)F)C(F)(F)F)C1CC2C=CC1C2.OC(CC(O)(C(F)(F)F)C(F)(F)F)C1CC2C=CC1C2.[B].[H-].[Na+]. The predicted molar refractivity (Wildman–Crippen MR) is 132 cm³/mol. The number of Topliss-reactive ketones (excluding diaryl/α,β-unsaturated/α-hetero) is 1. The van der Waals surface area contributed by atoms with Crippen LogP contribution >= 0.6 is 0 Å². The monoisotopic (exact) mass is 687 g/mol. The summed E-state index contributed by atoms with van der Waals surface area (Å²) in [7, 11) is 0. The van der Waals surface area contributed by atoms with Gasteiger partial charge in [-0.1, -0.05) is 24.3 Å². The molecule has 4 aliphatic carbocycles. The first-order chi connectivity index (χ1) is 19.3. The Bertz CT molecular complexity index is 1010. The molecule has 0 aliphatic heterocycles. The molecule has 0 heterocycles. The Labute approximate surface area is 276 Å². The van der Waals surface area contributed by atoms with E-state index in [4.69, 9.17) is 15.3 Å². The Morgan fingerprint density at radius 2 is 1.11 bits per heavy atom. The van der Waals surface area contributed by atoms with Crippen LogP contribution in [-0.4, -0.2) is 83.2 Å². The second-order valence-electron chi connectivity index (χ2n) is 11.3. The van der Waals surface area contributed by atoms with Crippen molar-refractivity contribution >= 4 is 14.2 Å². The summed E-state index contributed by atoms with van der Waals surface area (Å²) in [5.74, 6) is -3.08. The first-order valence-corrected chi connectivity index (χ1v) is 13.2. The molecule has 7 unspecified atom stereocenters. The molecule has 0 aromatic rings. The third kappa shape index (κ3) is 9.65. The van der Waals surface area contributed by atoms with Gasteiger partial charge in [-0.15, -0.1) is 0 Å². The number of rotatable bonds is 6. The Balaban J connectivity index is 0. The molecule has 4 rings (SSSR count). The maximum absolute atomic E-state index is 12.5. The molecule has 19 heteroatoms. The van der Waals surface area contributed by atoms with Crippen LogP contribution in [0.2, 0.25) is 0 Å². The molecule has 0 aromatic carbocycles. The largest absolute Gasteiger partial charge is 1.00 e. The first kappa shape index (κ1) is 44.2. The standard InChI is InChI=1S/C12H14F6O2.C12H12F6O2.C2H6O.B.Na.H/c2*13-11(14,15)10(20,12(16,17)18)5-9(19)8-4-6-1-2-7(8)3-6;1-2-3;;;/h1-2,6-9,19-20H,3-5H2;1-2,6-8,20H,3-5H2;3H,2H2,1H3;;;/q;;;;+1;-1. The summed E-state index contributed by atoms with van der Waals surface area (Å²) in [6, 6.07) is 0. The first-order valence-electron chi connectivity index (χ1n) is 13.2. The Hall–Kier alpha value is -0.785. The molecule has 0 aromatic heterocycles. The summed E-state index contributed by atoms with van der Waals surface area (Å²) >= 11 is 0. The Morgan fingerprint density at radius 3 is 1.40 bits per heavy atom. The van der Waals surface area contributed by atoms with Gasteiger partial charge < -0.3 is 21.9 Å². The fourth-order valence-electron chi connectivity index (χ4n) is 6.01. The summed E-state index contributed by atoms with van der Waals surface area (Å²) in [6.45, 7) is 1.93. The van der Waals surface area contributed by atoms with Crippen LogP contribution in [-0.2, 0) is 4.79 Å². The molecule has 255 valence electrons. The molecular formula is C26H33BF12NaO5. The number of aliphatic hydroxyl groups is 4. The van der Waals surface area contributed by atoms with Crippen LogP contribution in [0.15, 0.2) is 24.3 Å². The quantitative estimate of drug-likeness (QED) is 0.196. The number of carbonyl (C=O) groups excluding carboxylic acids is 1. The van der Waals surface area contributed by atoms with E-state index in [1.165, 1.54) is 0 Å². The van der Waals surface area contributed by atoms with Gasteiger partial charge in [-0.2, -0.15) is 52.7 Å². The molecule has 2 saturated carbocycles. The fraction of sp³-hybridized carbons (Fsp3) is 0.808. The number of alkyl halides is 12. The molecule has 2 fully saturated rings. The molecule has 0 spiro atoms. The van der Waals surface area contributed by atoms with Gasteiger partial charge in [-0.05, 0) is 62.2 Å². The molecule has 0 amide bonds. The van der Waals surface area contributed by atoms with Crippen LogP contribution < -0.4 is 29.6 Å². The molecule has 3 radical (unpaired) electrons. The minimum atomic E-state index is -5.94. The minimum Gasteiger partial charge on any atom is -1.00 e. The molecule has 4 bridgehead atoms. The Kier molecular flexibility index (Phi) is 15.3. The number of carbonyl (C=O) groups is 1. The van der Waals surface area contributed by atoms with E-state index in [0.717, 1.165) is 0 Å². The van der Waals surface area contributed by atoms with Gasteiger partial charge in [0.15, 0.2) is 0 Å². The number of ketones is 1. The fourth-order valence-corrected chi connectivity index (χ4v) is 6.01. The molecule has 45 heavy (non-hydrogen) atoms. The van der Waals surface area contributed by atoms with Crippen LogP contribution in [0.3, 0.4) is 0 Å². The molecule has 5 nitrogen and oxygen atoms in total. The van der Waals surface area contributed by atoms with E-state index in [2.05, 4.69) is 0 Å². The number of allylic oxidation sites excluding steroid dienone is 4. The van der Waals surface area contributed by atoms with Crippen LogP contribution in [0.25, 0.3) is 0 Å². The average Bonchev–Trinajstić information content (AvgIpc) is 3.64. The molecule has 4 N–H and O–H groups in total. The third-order valence-corrected chi connectivity index (χ3v) is 8.33. The van der Waals surface area contributed by atoms with Crippen molar-refractivity contribution in [3.8, 4) is 0 Å². The van der Waals surface area contributed by atoms with Crippen LogP contribution in [0.4, 0.5) is 52.7 Å². The van der Waals surface area contributed by atoms with Crippen LogP contribution in [0.5, 0.6) is 0 Å². The van der Waals surface area contributed by atoms with Gasteiger partial charge in [0.25, 0.3) is 11.2 Å². The summed E-state index contributed by atoms with van der Waals surface area (Å²) in [5.41, 5.74) is -9.84. The number of hydrogen-bond donors (Lipinski definition) is 4. The zero-order valence-corrected chi connectivity index (χ0v) is 26.1. The molecular weight excluding hydrogens is 654 g/mol. The van der Waals surface area contributed by atoms with Crippen molar-refractivity contribution in [1.82, 2.24) is 0 Å². The summed E-state index contributed by atoms with van der Waals surface area (Å²) < 4.78 is 150. The summed E-state index contributed by atoms with van der Waals surface area (Å²) in [6.07, 6.45) is -20.4. The Morgan fingerprint density at radius 1 is 0.733 bits per heavy atom. The number of halogens is 12. The maximum Gasteiger partial charge on any atom is 1.00 e. The van der Waals surface area contributed by atoms with Gasteiger partial charge in [0.1, 0.15) is 5.78 Å². The van der Waals surface area contributed by atoms with Crippen molar-refractivity contribution in [2.24, 2.45) is 35.5 Å². The van der Waals surface area contributed by atoms with Crippen molar-refractivity contribution < 1.29 is 109 Å². The number of hydrogen-bond acceptors (Lipinski definition) is 5. The second kappa shape index (κ2) is 15.6. The zero-order valence-electron chi connectivity index (χ0n) is 25.1. The normalized spacial score (nSPS) is 27.9. The van der Waals surface area contributed by atoms with Crippen molar-refractivity contribution in [1.29, 1.82) is 0 Å². The smallest absolute Gasteiger partial charge is 1.00 e.